The Morgan fingerprint density at radius 1 is 1.03 bits per heavy atom. The van der Waals surface area contributed by atoms with Crippen molar-refractivity contribution in [1.29, 1.82) is 0 Å². The summed E-state index contributed by atoms with van der Waals surface area (Å²) < 4.78 is 11.9. The molecule has 0 bridgehead atoms. The second-order valence-electron chi connectivity index (χ2n) is 10.8. The van der Waals surface area contributed by atoms with Gasteiger partial charge in [-0.25, -0.2) is 0 Å². The molecule has 1 heterocycles. The molecule has 2 fully saturated rings. The van der Waals surface area contributed by atoms with E-state index in [1.807, 2.05) is 85.8 Å². The van der Waals surface area contributed by atoms with E-state index in [0.717, 1.165) is 49.2 Å². The molecule has 5 rings (SSSR count). The van der Waals surface area contributed by atoms with E-state index in [1.54, 1.807) is 12.3 Å². The highest BCUT2D eigenvalue weighted by Crippen LogP contribution is 2.46. The van der Waals surface area contributed by atoms with E-state index in [0.29, 0.717) is 17.2 Å². The van der Waals surface area contributed by atoms with E-state index >= 15 is 0 Å². The van der Waals surface area contributed by atoms with Crippen LogP contribution in [-0.2, 0) is 10.2 Å². The van der Waals surface area contributed by atoms with Crippen molar-refractivity contribution in [1.82, 2.24) is 4.90 Å². The number of amides is 1. The molecule has 0 unspecified atom stereocenters. The Bertz CT molecular complexity index is 1240. The number of likely N-dealkylation sites (tertiary alicyclic amines) is 1. The Morgan fingerprint density at radius 2 is 1.64 bits per heavy atom. The van der Waals surface area contributed by atoms with E-state index in [1.165, 1.54) is 12.8 Å². The average molecular weight is 545 g/mol. The molecule has 6 heteroatoms. The van der Waals surface area contributed by atoms with Gasteiger partial charge in [0.1, 0.15) is 17.6 Å². The van der Waals surface area contributed by atoms with Crippen LogP contribution < -0.4 is 15.2 Å². The predicted molar refractivity (Wildman–Crippen MR) is 156 cm³/mol. The summed E-state index contributed by atoms with van der Waals surface area (Å²) in [6.07, 6.45) is 9.74. The smallest absolute Gasteiger partial charge is 0.232 e. The highest BCUT2D eigenvalue weighted by atomic mass is 35.5. The molecule has 0 radical (unpaired) electrons. The van der Waals surface area contributed by atoms with E-state index in [4.69, 9.17) is 26.8 Å². The van der Waals surface area contributed by atoms with Crippen LogP contribution >= 0.6 is 11.6 Å². The lowest BCUT2D eigenvalue weighted by Gasteiger charge is -2.51. The monoisotopic (exact) mass is 544 g/mol. The summed E-state index contributed by atoms with van der Waals surface area (Å²) in [5.41, 5.74) is 7.34. The summed E-state index contributed by atoms with van der Waals surface area (Å²) in [7, 11) is 0. The number of hydrogen-bond acceptors (Lipinski definition) is 4. The number of halogens is 1. The second kappa shape index (κ2) is 11.8. The molecule has 0 aromatic heterocycles. The maximum atomic E-state index is 13.3. The Morgan fingerprint density at radius 3 is 2.21 bits per heavy atom. The number of benzene rings is 3. The molecule has 2 aliphatic rings. The molecule has 1 saturated carbocycles. The van der Waals surface area contributed by atoms with Crippen molar-refractivity contribution in [3.05, 3.63) is 107 Å². The van der Waals surface area contributed by atoms with Crippen molar-refractivity contribution >= 4 is 17.5 Å². The Labute approximate surface area is 236 Å². The Balaban J connectivity index is 1.33. The molecule has 3 aromatic carbocycles. The quantitative estimate of drug-likeness (QED) is 0.267. The van der Waals surface area contributed by atoms with Gasteiger partial charge in [0.2, 0.25) is 5.91 Å². The molecule has 1 saturated heterocycles. The summed E-state index contributed by atoms with van der Waals surface area (Å²) in [5, 5.41) is 0.551. The summed E-state index contributed by atoms with van der Waals surface area (Å²) in [4.78, 5) is 15.9. The fourth-order valence-corrected chi connectivity index (χ4v) is 6.53. The number of nitrogens with zero attached hydrogens (tertiary/aromatic N) is 1. The van der Waals surface area contributed by atoms with Crippen LogP contribution in [0.5, 0.6) is 11.5 Å². The van der Waals surface area contributed by atoms with Crippen LogP contribution in [0.4, 0.5) is 0 Å². The molecule has 5 nitrogen and oxygen atoms in total. The van der Waals surface area contributed by atoms with Crippen LogP contribution in [0.25, 0.3) is 0 Å². The zero-order chi connectivity index (χ0) is 27.3. The second-order valence-corrected chi connectivity index (χ2v) is 11.2. The van der Waals surface area contributed by atoms with E-state index in [2.05, 4.69) is 4.90 Å². The molecule has 0 atom stereocenters. The van der Waals surface area contributed by atoms with Gasteiger partial charge in [-0.15, -0.1) is 0 Å². The zero-order valence-corrected chi connectivity index (χ0v) is 23.3. The average Bonchev–Trinajstić information content (AvgIpc) is 3.41. The molecular formula is C33H37ClN2O3. The standard InChI is InChI=1S/C33H37ClN2O3/c1-2-21-38-30-22-27(15-16-29(30)34)39-28-23-36(24-28)32(17-9-10-18-32)19-20-33(31(35)37,25-11-5-3-6-12-25)26-13-7-4-8-14-26/h2-8,11-16,21-22,28H,9-10,17-20,23-24H2,1H3,(H2,35,37)/b21-2+. The zero-order valence-electron chi connectivity index (χ0n) is 22.5. The van der Waals surface area contributed by atoms with Crippen molar-refractivity contribution < 1.29 is 14.3 Å². The minimum Gasteiger partial charge on any atom is -0.488 e. The van der Waals surface area contributed by atoms with Crippen LogP contribution in [0.1, 0.15) is 56.6 Å². The Kier molecular flexibility index (Phi) is 8.29. The predicted octanol–water partition coefficient (Wildman–Crippen LogP) is 6.88. The van der Waals surface area contributed by atoms with Crippen molar-refractivity contribution in [2.24, 2.45) is 5.73 Å². The Hall–Kier alpha value is -3.28. The first-order chi connectivity index (χ1) is 19.0. The molecule has 1 aliphatic heterocycles. The van der Waals surface area contributed by atoms with Crippen LogP contribution in [0.2, 0.25) is 5.02 Å². The summed E-state index contributed by atoms with van der Waals surface area (Å²) in [6.45, 7) is 3.60. The lowest BCUT2D eigenvalue weighted by atomic mass is 9.68. The van der Waals surface area contributed by atoms with Crippen LogP contribution in [0.15, 0.2) is 91.2 Å². The molecule has 39 heavy (non-hydrogen) atoms. The number of rotatable bonds is 11. The van der Waals surface area contributed by atoms with Gasteiger partial charge in [-0.2, -0.15) is 0 Å². The normalized spacial score (nSPS) is 17.7. The van der Waals surface area contributed by atoms with Crippen molar-refractivity contribution in [3.63, 3.8) is 0 Å². The van der Waals surface area contributed by atoms with Crippen molar-refractivity contribution in [3.8, 4) is 11.5 Å². The molecule has 1 aliphatic carbocycles. The lowest BCUT2D eigenvalue weighted by Crippen LogP contribution is -2.63. The minimum absolute atomic E-state index is 0.0459. The van der Waals surface area contributed by atoms with Gasteiger partial charge in [-0.05, 0) is 55.9 Å². The van der Waals surface area contributed by atoms with Crippen molar-refractivity contribution in [2.45, 2.75) is 62.5 Å². The molecule has 1 amide bonds. The fraction of sp³-hybridized carbons (Fsp3) is 0.364. The third-order valence-corrected chi connectivity index (χ3v) is 8.82. The van der Waals surface area contributed by atoms with E-state index in [-0.39, 0.29) is 17.6 Å². The number of carbonyl (C=O) groups excluding carboxylic acids is 1. The number of allylic oxidation sites excluding steroid dienone is 1. The summed E-state index contributed by atoms with van der Waals surface area (Å²) in [6, 6.07) is 25.6. The van der Waals surface area contributed by atoms with E-state index < -0.39 is 5.41 Å². The number of carbonyl (C=O) groups is 1. The molecule has 3 aromatic rings. The number of nitrogens with two attached hydrogens (primary N) is 1. The SMILES string of the molecule is C/C=C/Oc1cc(OC2CN(C3(CCC(C(N)=O)(c4ccccc4)c4ccccc4)CCCC3)C2)ccc1Cl. The van der Waals surface area contributed by atoms with E-state index in [9.17, 15) is 4.79 Å². The first kappa shape index (κ1) is 27.3. The van der Waals surface area contributed by atoms with Gasteiger partial charge in [0, 0.05) is 24.7 Å². The van der Waals surface area contributed by atoms with Crippen molar-refractivity contribution in [2.75, 3.05) is 13.1 Å². The fourth-order valence-electron chi connectivity index (χ4n) is 6.37. The van der Waals surface area contributed by atoms with Gasteiger partial charge in [0.25, 0.3) is 0 Å². The van der Waals surface area contributed by atoms with Gasteiger partial charge in [-0.3, -0.25) is 9.69 Å². The van der Waals surface area contributed by atoms with Gasteiger partial charge in [0.15, 0.2) is 0 Å². The number of hydrogen-bond donors (Lipinski definition) is 1. The van der Waals surface area contributed by atoms with Crippen LogP contribution in [-0.4, -0.2) is 35.5 Å². The maximum Gasteiger partial charge on any atom is 0.232 e. The van der Waals surface area contributed by atoms with Gasteiger partial charge in [0.05, 0.1) is 16.7 Å². The van der Waals surface area contributed by atoms with Gasteiger partial charge in [-0.1, -0.05) is 91.2 Å². The number of primary amides is 1. The highest BCUT2D eigenvalue weighted by Gasteiger charge is 2.49. The van der Waals surface area contributed by atoms with Crippen LogP contribution in [0.3, 0.4) is 0 Å². The first-order valence-corrected chi connectivity index (χ1v) is 14.2. The molecule has 2 N–H and O–H groups in total. The molecule has 0 spiro atoms. The minimum atomic E-state index is -0.870. The third-order valence-electron chi connectivity index (χ3n) is 8.51. The third kappa shape index (κ3) is 5.57. The van der Waals surface area contributed by atoms with Crippen LogP contribution in [0, 0.1) is 0 Å². The lowest BCUT2D eigenvalue weighted by molar-refractivity contribution is -0.123. The highest BCUT2D eigenvalue weighted by molar-refractivity contribution is 6.32. The summed E-state index contributed by atoms with van der Waals surface area (Å²) >= 11 is 6.27. The molecular weight excluding hydrogens is 508 g/mol. The summed E-state index contributed by atoms with van der Waals surface area (Å²) in [5.74, 6) is 1.04. The van der Waals surface area contributed by atoms with Gasteiger partial charge < -0.3 is 15.2 Å². The topological polar surface area (TPSA) is 64.8 Å². The largest absolute Gasteiger partial charge is 0.488 e. The first-order valence-electron chi connectivity index (χ1n) is 13.9. The van der Waals surface area contributed by atoms with Gasteiger partial charge >= 0.3 is 0 Å². The maximum absolute atomic E-state index is 13.3. The number of ether oxygens (including phenoxy) is 2. The molecule has 204 valence electrons.